The smallest absolute Gasteiger partial charge is 0.254 e. The fourth-order valence-corrected chi connectivity index (χ4v) is 7.91. The number of amides is 2. The van der Waals surface area contributed by atoms with Gasteiger partial charge in [0.2, 0.25) is 0 Å². The molecule has 0 spiro atoms. The molecule has 2 aromatic rings. The van der Waals surface area contributed by atoms with E-state index in [9.17, 15) is 14.9 Å². The molecule has 1 aliphatic carbocycles. The third-order valence-electron chi connectivity index (χ3n) is 9.45. The number of fused-ring (bicyclic) bond motifs is 1. The average Bonchev–Trinajstić information content (AvgIpc) is 3.20. The second-order valence-corrected chi connectivity index (χ2v) is 13.1. The molecule has 0 radical (unpaired) electrons. The summed E-state index contributed by atoms with van der Waals surface area (Å²) in [6.07, 6.45) is -0.169. The Morgan fingerprint density at radius 1 is 1.05 bits per heavy atom. The zero-order valence-electron chi connectivity index (χ0n) is 23.5. The summed E-state index contributed by atoms with van der Waals surface area (Å²) in [4.78, 5) is 33.4. The number of hydrogen-bond acceptors (Lipinski definition) is 6. The third kappa shape index (κ3) is 4.27. The highest BCUT2D eigenvalue weighted by molar-refractivity contribution is 6.31. The van der Waals surface area contributed by atoms with Crippen LogP contribution in [0, 0.1) is 22.2 Å². The van der Waals surface area contributed by atoms with Gasteiger partial charge >= 0.3 is 0 Å². The summed E-state index contributed by atoms with van der Waals surface area (Å²) < 4.78 is 6.43. The number of carbonyl (C=O) groups excluding carboxylic acids is 2. The van der Waals surface area contributed by atoms with Crippen LogP contribution < -0.4 is 10.1 Å². The lowest BCUT2D eigenvalue weighted by atomic mass is 9.49. The van der Waals surface area contributed by atoms with Crippen molar-refractivity contribution in [2.24, 2.45) is 10.8 Å². The Hall–Kier alpha value is -3.12. The van der Waals surface area contributed by atoms with Crippen LogP contribution in [0.1, 0.15) is 59.5 Å². The van der Waals surface area contributed by atoms with Crippen LogP contribution in [0.2, 0.25) is 5.02 Å². The molecule has 0 unspecified atom stereocenters. The molecule has 8 nitrogen and oxygen atoms in total. The van der Waals surface area contributed by atoms with Crippen molar-refractivity contribution in [2.75, 3.05) is 39.3 Å². The van der Waals surface area contributed by atoms with Crippen LogP contribution in [0.5, 0.6) is 5.75 Å². The number of nitrogens with zero attached hydrogens (tertiary/aromatic N) is 4. The number of benzene rings is 2. The Labute approximate surface area is 240 Å². The second-order valence-electron chi connectivity index (χ2n) is 12.7. The minimum atomic E-state index is -0.337. The van der Waals surface area contributed by atoms with Gasteiger partial charge in [0.05, 0.1) is 10.6 Å². The highest BCUT2D eigenvalue weighted by Crippen LogP contribution is 2.59. The van der Waals surface area contributed by atoms with Gasteiger partial charge in [0, 0.05) is 85.9 Å². The predicted octanol–water partition coefficient (Wildman–Crippen LogP) is 3.78. The number of ether oxygens (including phenoxy) is 1. The van der Waals surface area contributed by atoms with Gasteiger partial charge in [-0.2, -0.15) is 5.26 Å². The molecular weight excluding hydrogens is 526 g/mol. The first kappa shape index (κ1) is 27.1. The number of nitrogens with one attached hydrogen (secondary N) is 1. The summed E-state index contributed by atoms with van der Waals surface area (Å²) in [5.74, 6) is 0.652. The van der Waals surface area contributed by atoms with Crippen molar-refractivity contribution >= 4 is 23.4 Å². The minimum Gasteiger partial charge on any atom is -0.489 e. The number of nitriles is 1. The quantitative estimate of drug-likeness (QED) is 0.598. The van der Waals surface area contributed by atoms with Gasteiger partial charge in [-0.05, 0) is 35.9 Å². The largest absolute Gasteiger partial charge is 0.489 e. The monoisotopic (exact) mass is 561 g/mol. The molecular formula is C31H36ClN5O3. The molecule has 0 bridgehead atoms. The zero-order valence-corrected chi connectivity index (χ0v) is 24.3. The van der Waals surface area contributed by atoms with Crippen molar-refractivity contribution in [1.29, 1.82) is 5.26 Å². The average molecular weight is 562 g/mol. The number of carbonyl (C=O) groups is 2. The van der Waals surface area contributed by atoms with Crippen LogP contribution in [0.3, 0.4) is 0 Å². The van der Waals surface area contributed by atoms with Gasteiger partial charge in [-0.1, -0.05) is 39.3 Å². The first-order valence-electron chi connectivity index (χ1n) is 14.1. The Bertz CT molecular complexity index is 1390. The first-order valence-corrected chi connectivity index (χ1v) is 14.4. The van der Waals surface area contributed by atoms with E-state index < -0.39 is 0 Å². The number of piperazine rings is 1. The SMILES string of the molecule is CC1(C)[C@H](Oc2ccc(C#N)c(Cl)c2)C(C)(C)[C@H]1N1Cc2cc(C(=O)N3CCN(C4CNC4)CC3)ccc2C1=O. The van der Waals surface area contributed by atoms with E-state index in [2.05, 4.69) is 44.0 Å². The molecule has 2 saturated heterocycles. The number of halogens is 1. The summed E-state index contributed by atoms with van der Waals surface area (Å²) in [6.45, 7) is 14.3. The Balaban J connectivity index is 1.15. The van der Waals surface area contributed by atoms with Crippen molar-refractivity contribution in [1.82, 2.24) is 20.0 Å². The molecule has 3 heterocycles. The van der Waals surface area contributed by atoms with Gasteiger partial charge in [-0.3, -0.25) is 14.5 Å². The lowest BCUT2D eigenvalue weighted by molar-refractivity contribution is -0.199. The topological polar surface area (TPSA) is 88.9 Å². The van der Waals surface area contributed by atoms with E-state index in [4.69, 9.17) is 16.3 Å². The van der Waals surface area contributed by atoms with Crippen LogP contribution in [0.15, 0.2) is 36.4 Å². The normalized spacial score (nSPS) is 25.6. The van der Waals surface area contributed by atoms with E-state index in [1.807, 2.05) is 28.0 Å². The lowest BCUT2D eigenvalue weighted by Gasteiger charge is -2.65. The highest BCUT2D eigenvalue weighted by atomic mass is 35.5. The van der Waals surface area contributed by atoms with E-state index >= 15 is 0 Å². The molecule has 3 fully saturated rings. The first-order chi connectivity index (χ1) is 19.0. The molecule has 1 saturated carbocycles. The lowest BCUT2D eigenvalue weighted by Crippen LogP contribution is -2.74. The minimum absolute atomic E-state index is 0.00254. The van der Waals surface area contributed by atoms with Crippen molar-refractivity contribution in [3.8, 4) is 11.8 Å². The molecule has 0 atom stereocenters. The van der Waals surface area contributed by atoms with Crippen molar-refractivity contribution in [2.45, 2.75) is 52.4 Å². The van der Waals surface area contributed by atoms with Gasteiger partial charge in [0.25, 0.3) is 11.8 Å². The predicted molar refractivity (Wildman–Crippen MR) is 152 cm³/mol. The molecule has 2 aromatic carbocycles. The molecule has 4 aliphatic rings. The van der Waals surface area contributed by atoms with Crippen LogP contribution in [-0.4, -0.2) is 84.0 Å². The summed E-state index contributed by atoms with van der Waals surface area (Å²) in [5.41, 5.74) is 1.97. The summed E-state index contributed by atoms with van der Waals surface area (Å²) in [5, 5.41) is 12.9. The van der Waals surface area contributed by atoms with Gasteiger partial charge in [0.1, 0.15) is 17.9 Å². The third-order valence-corrected chi connectivity index (χ3v) is 9.76. The van der Waals surface area contributed by atoms with Crippen LogP contribution in [0.25, 0.3) is 0 Å². The second kappa shape index (κ2) is 9.76. The maximum absolute atomic E-state index is 13.6. The molecule has 9 heteroatoms. The summed E-state index contributed by atoms with van der Waals surface area (Å²) in [6, 6.07) is 13.3. The summed E-state index contributed by atoms with van der Waals surface area (Å²) >= 11 is 6.24. The van der Waals surface area contributed by atoms with Gasteiger partial charge < -0.3 is 19.9 Å². The maximum Gasteiger partial charge on any atom is 0.254 e. The molecule has 2 amide bonds. The van der Waals surface area contributed by atoms with Gasteiger partial charge in [0.15, 0.2) is 0 Å². The standard InChI is InChI=1S/C31H36ClN5O3/c1-30(2)28(31(3,4)29(30)40-23-7-5-20(15-33)25(32)14-23)37-18-21-13-19(6-8-24(21)27(37)39)26(38)36-11-9-35(10-12-36)22-16-34-17-22/h5-8,13-14,22,28-29,34H,9-12,16-18H2,1-4H3/t28-,29-. The van der Waals surface area contributed by atoms with E-state index in [1.54, 1.807) is 18.2 Å². The molecule has 0 aromatic heterocycles. The van der Waals surface area contributed by atoms with Gasteiger partial charge in [-0.15, -0.1) is 0 Å². The summed E-state index contributed by atoms with van der Waals surface area (Å²) in [7, 11) is 0. The molecule has 6 rings (SSSR count). The van der Waals surface area contributed by atoms with Gasteiger partial charge in [-0.25, -0.2) is 0 Å². The Morgan fingerprint density at radius 2 is 1.75 bits per heavy atom. The number of hydrogen-bond donors (Lipinski definition) is 1. The Morgan fingerprint density at radius 3 is 2.35 bits per heavy atom. The van der Waals surface area contributed by atoms with Crippen molar-refractivity contribution in [3.05, 3.63) is 63.7 Å². The zero-order chi connectivity index (χ0) is 28.4. The Kier molecular flexibility index (Phi) is 6.60. The molecule has 1 N–H and O–H groups in total. The van der Waals surface area contributed by atoms with Crippen LogP contribution >= 0.6 is 11.6 Å². The van der Waals surface area contributed by atoms with Crippen LogP contribution in [-0.2, 0) is 6.54 Å². The molecule has 40 heavy (non-hydrogen) atoms. The van der Waals surface area contributed by atoms with Crippen molar-refractivity contribution in [3.63, 3.8) is 0 Å². The maximum atomic E-state index is 13.6. The highest BCUT2D eigenvalue weighted by Gasteiger charge is 2.67. The van der Waals surface area contributed by atoms with E-state index in [1.165, 1.54) is 0 Å². The number of rotatable bonds is 5. The fraction of sp³-hybridized carbons (Fsp3) is 0.516. The molecule has 3 aliphatic heterocycles. The van der Waals surface area contributed by atoms with E-state index in [0.29, 0.717) is 40.0 Å². The fourth-order valence-electron chi connectivity index (χ4n) is 7.70. The van der Waals surface area contributed by atoms with Crippen LogP contribution in [0.4, 0.5) is 0 Å². The van der Waals surface area contributed by atoms with E-state index in [-0.39, 0.29) is 34.8 Å². The van der Waals surface area contributed by atoms with Crippen molar-refractivity contribution < 1.29 is 14.3 Å². The molecule has 210 valence electrons. The van der Waals surface area contributed by atoms with E-state index in [0.717, 1.165) is 44.8 Å².